The Morgan fingerprint density at radius 2 is 2.06 bits per heavy atom. The molecule has 0 aliphatic carbocycles. The summed E-state index contributed by atoms with van der Waals surface area (Å²) in [6.07, 6.45) is 0.946. The van der Waals surface area contributed by atoms with Crippen LogP contribution in [0.2, 0.25) is 0 Å². The van der Waals surface area contributed by atoms with E-state index in [1.54, 1.807) is 12.1 Å². The molecule has 1 atom stereocenters. The lowest BCUT2D eigenvalue weighted by Crippen LogP contribution is -2.36. The van der Waals surface area contributed by atoms with Crippen molar-refractivity contribution >= 4 is 0 Å². The van der Waals surface area contributed by atoms with Crippen molar-refractivity contribution in [3.8, 4) is 5.75 Å². The number of benzene rings is 1. The number of hydrogen-bond acceptors (Lipinski definition) is 1. The summed E-state index contributed by atoms with van der Waals surface area (Å²) in [5.41, 5.74) is 0.870. The van der Waals surface area contributed by atoms with Crippen molar-refractivity contribution in [2.45, 2.75) is 45.6 Å². The predicted molar refractivity (Wildman–Crippen MR) is 63.3 cm³/mol. The number of ether oxygens (including phenoxy) is 1. The third kappa shape index (κ3) is 2.06. The first-order valence-corrected chi connectivity index (χ1v) is 5.87. The van der Waals surface area contributed by atoms with Crippen LogP contribution >= 0.6 is 0 Å². The number of fused-ring (bicyclic) bond motifs is 1. The Labute approximate surface area is 96.6 Å². The van der Waals surface area contributed by atoms with E-state index in [-0.39, 0.29) is 11.4 Å². The van der Waals surface area contributed by atoms with E-state index in [0.717, 1.165) is 17.7 Å². The van der Waals surface area contributed by atoms with Crippen molar-refractivity contribution in [2.24, 2.45) is 5.92 Å². The molecule has 1 aliphatic heterocycles. The molecule has 0 radical (unpaired) electrons. The predicted octanol–water partition coefficient (Wildman–Crippen LogP) is 4.13. The molecule has 0 bridgehead atoms. The summed E-state index contributed by atoms with van der Waals surface area (Å²) in [6.45, 7) is 8.55. The summed E-state index contributed by atoms with van der Waals surface area (Å²) in [4.78, 5) is 0. The van der Waals surface area contributed by atoms with Gasteiger partial charge in [0, 0.05) is 5.56 Å². The second-order valence-corrected chi connectivity index (χ2v) is 5.60. The summed E-state index contributed by atoms with van der Waals surface area (Å²) in [6, 6.07) is 4.84. The number of halogens is 1. The molecule has 1 unspecified atom stereocenters. The SMILES string of the molecule is CC(C)C1CC(C)(C)Oc2ccc(F)cc21. The molecule has 0 aromatic heterocycles. The lowest BCUT2D eigenvalue weighted by atomic mass is 9.78. The molecule has 0 N–H and O–H groups in total. The van der Waals surface area contributed by atoms with Crippen molar-refractivity contribution in [3.05, 3.63) is 29.6 Å². The molecule has 0 spiro atoms. The molecule has 16 heavy (non-hydrogen) atoms. The maximum absolute atomic E-state index is 13.3. The highest BCUT2D eigenvalue weighted by Crippen LogP contribution is 2.44. The molecule has 0 fully saturated rings. The van der Waals surface area contributed by atoms with Crippen LogP contribution in [0.15, 0.2) is 18.2 Å². The van der Waals surface area contributed by atoms with Gasteiger partial charge in [-0.2, -0.15) is 0 Å². The van der Waals surface area contributed by atoms with Crippen LogP contribution < -0.4 is 4.74 Å². The van der Waals surface area contributed by atoms with E-state index in [2.05, 4.69) is 27.7 Å². The van der Waals surface area contributed by atoms with Crippen molar-refractivity contribution in [2.75, 3.05) is 0 Å². The van der Waals surface area contributed by atoms with Gasteiger partial charge in [-0.05, 0) is 50.3 Å². The van der Waals surface area contributed by atoms with Gasteiger partial charge in [0.2, 0.25) is 0 Å². The molecule has 1 aromatic rings. The van der Waals surface area contributed by atoms with Crippen LogP contribution in [0.1, 0.15) is 45.6 Å². The van der Waals surface area contributed by atoms with E-state index < -0.39 is 0 Å². The van der Waals surface area contributed by atoms with Gasteiger partial charge in [0.1, 0.15) is 17.2 Å². The molecular weight excluding hydrogens is 203 g/mol. The minimum absolute atomic E-state index is 0.153. The van der Waals surface area contributed by atoms with Crippen LogP contribution in [-0.4, -0.2) is 5.60 Å². The monoisotopic (exact) mass is 222 g/mol. The van der Waals surface area contributed by atoms with Crippen molar-refractivity contribution in [1.82, 2.24) is 0 Å². The van der Waals surface area contributed by atoms with Gasteiger partial charge in [-0.15, -0.1) is 0 Å². The van der Waals surface area contributed by atoms with Crippen LogP contribution in [0, 0.1) is 11.7 Å². The first-order valence-electron chi connectivity index (χ1n) is 5.87. The standard InChI is InChI=1S/C14H19FO/c1-9(2)12-8-14(3,4)16-13-6-5-10(15)7-11(12)13/h5-7,9,12H,8H2,1-4H3. The fourth-order valence-corrected chi connectivity index (χ4v) is 2.48. The molecule has 1 heterocycles. The van der Waals surface area contributed by atoms with Crippen LogP contribution in [0.25, 0.3) is 0 Å². The van der Waals surface area contributed by atoms with E-state index in [9.17, 15) is 4.39 Å². The summed E-state index contributed by atoms with van der Waals surface area (Å²) in [7, 11) is 0. The average Bonchev–Trinajstić information content (AvgIpc) is 2.16. The maximum Gasteiger partial charge on any atom is 0.123 e. The Balaban J connectivity index is 2.47. The first kappa shape index (κ1) is 11.4. The Morgan fingerprint density at radius 3 is 2.69 bits per heavy atom. The normalized spacial score (nSPS) is 22.8. The highest BCUT2D eigenvalue weighted by Gasteiger charge is 2.35. The minimum atomic E-state index is -0.173. The van der Waals surface area contributed by atoms with Gasteiger partial charge >= 0.3 is 0 Å². The fourth-order valence-electron chi connectivity index (χ4n) is 2.48. The topological polar surface area (TPSA) is 9.23 Å². The zero-order valence-electron chi connectivity index (χ0n) is 10.4. The second-order valence-electron chi connectivity index (χ2n) is 5.60. The fraction of sp³-hybridized carbons (Fsp3) is 0.571. The lowest BCUT2D eigenvalue weighted by molar-refractivity contribution is 0.0637. The number of hydrogen-bond donors (Lipinski definition) is 0. The summed E-state index contributed by atoms with van der Waals surface area (Å²) < 4.78 is 19.2. The Morgan fingerprint density at radius 1 is 1.38 bits per heavy atom. The summed E-state index contributed by atoms with van der Waals surface area (Å²) in [5, 5.41) is 0. The summed E-state index contributed by atoms with van der Waals surface area (Å²) in [5.74, 6) is 1.56. The van der Waals surface area contributed by atoms with Gasteiger partial charge < -0.3 is 4.74 Å². The zero-order chi connectivity index (χ0) is 11.9. The van der Waals surface area contributed by atoms with E-state index >= 15 is 0 Å². The molecule has 1 aromatic carbocycles. The van der Waals surface area contributed by atoms with Crippen LogP contribution in [0.5, 0.6) is 5.75 Å². The Hall–Kier alpha value is -1.05. The van der Waals surface area contributed by atoms with E-state index in [0.29, 0.717) is 11.8 Å². The minimum Gasteiger partial charge on any atom is -0.488 e. The van der Waals surface area contributed by atoms with Gasteiger partial charge in [0.15, 0.2) is 0 Å². The highest BCUT2D eigenvalue weighted by molar-refractivity contribution is 5.39. The van der Waals surface area contributed by atoms with E-state index in [1.807, 2.05) is 0 Å². The maximum atomic E-state index is 13.3. The molecule has 2 heteroatoms. The third-order valence-corrected chi connectivity index (χ3v) is 3.27. The molecule has 1 nitrogen and oxygen atoms in total. The molecular formula is C14H19FO. The van der Waals surface area contributed by atoms with Crippen molar-refractivity contribution < 1.29 is 9.13 Å². The van der Waals surface area contributed by atoms with Gasteiger partial charge in [0.05, 0.1) is 0 Å². The van der Waals surface area contributed by atoms with Crippen LogP contribution in [0.3, 0.4) is 0 Å². The zero-order valence-corrected chi connectivity index (χ0v) is 10.4. The van der Waals surface area contributed by atoms with E-state index in [4.69, 9.17) is 4.74 Å². The van der Waals surface area contributed by atoms with Crippen LogP contribution in [0.4, 0.5) is 4.39 Å². The largest absolute Gasteiger partial charge is 0.488 e. The molecule has 0 saturated carbocycles. The second kappa shape index (κ2) is 3.76. The first-order chi connectivity index (χ1) is 7.39. The molecule has 1 aliphatic rings. The smallest absolute Gasteiger partial charge is 0.123 e. The van der Waals surface area contributed by atoms with Gasteiger partial charge in [-0.1, -0.05) is 13.8 Å². The van der Waals surface area contributed by atoms with Gasteiger partial charge in [0.25, 0.3) is 0 Å². The van der Waals surface area contributed by atoms with Gasteiger partial charge in [-0.3, -0.25) is 0 Å². The third-order valence-electron chi connectivity index (χ3n) is 3.27. The molecule has 2 rings (SSSR count). The Bertz CT molecular complexity index is 396. The Kier molecular flexibility index (Phi) is 2.69. The average molecular weight is 222 g/mol. The van der Waals surface area contributed by atoms with E-state index in [1.165, 1.54) is 6.07 Å². The van der Waals surface area contributed by atoms with Crippen LogP contribution in [-0.2, 0) is 0 Å². The van der Waals surface area contributed by atoms with Crippen molar-refractivity contribution in [3.63, 3.8) is 0 Å². The highest BCUT2D eigenvalue weighted by atomic mass is 19.1. The molecule has 0 saturated heterocycles. The van der Waals surface area contributed by atoms with Gasteiger partial charge in [-0.25, -0.2) is 4.39 Å². The molecule has 88 valence electrons. The number of rotatable bonds is 1. The lowest BCUT2D eigenvalue weighted by Gasteiger charge is -2.39. The summed E-state index contributed by atoms with van der Waals surface area (Å²) >= 11 is 0. The molecule has 0 amide bonds. The quantitative estimate of drug-likeness (QED) is 0.694. The van der Waals surface area contributed by atoms with Crippen molar-refractivity contribution in [1.29, 1.82) is 0 Å².